The van der Waals surface area contributed by atoms with Gasteiger partial charge in [0.25, 0.3) is 0 Å². The largest absolute Gasteiger partial charge is 0.464 e. The number of hydrogen-bond acceptors (Lipinski definition) is 7. The number of rotatable bonds is 3. The molecule has 0 aliphatic rings. The van der Waals surface area contributed by atoms with E-state index in [4.69, 9.17) is 27.5 Å². The second-order valence-corrected chi connectivity index (χ2v) is 7.13. The number of benzene rings is 1. The van der Waals surface area contributed by atoms with E-state index in [0.717, 1.165) is 11.3 Å². The molecular weight excluding hydrogens is 384 g/mol. The Kier molecular flexibility index (Phi) is 4.07. The molecule has 0 radical (unpaired) electrons. The Balaban J connectivity index is 2.00. The topological polar surface area (TPSA) is 119 Å². The van der Waals surface area contributed by atoms with Crippen LogP contribution < -0.4 is 11.5 Å². The van der Waals surface area contributed by atoms with Crippen LogP contribution in [0.5, 0.6) is 0 Å². The first kappa shape index (κ1) is 17.1. The van der Waals surface area contributed by atoms with Gasteiger partial charge in [-0.15, -0.1) is 11.3 Å². The van der Waals surface area contributed by atoms with Crippen molar-refractivity contribution in [3.8, 4) is 17.4 Å². The number of nitrogen functional groups attached to an aromatic ring is 2. The molecule has 27 heavy (non-hydrogen) atoms. The van der Waals surface area contributed by atoms with Crippen molar-refractivity contribution < 1.29 is 9.21 Å². The molecule has 132 valence electrons. The standard InChI is InChI=1S/C19H11ClN4O2S/c20-10-5-3-9(4-6-10)16(25)17-15(22)14-13(12-2-1-7-26-12)11(8-21)18(23)24-19(14)27-17/h1-7H,22H2,(H2,23,24). The molecule has 0 saturated heterocycles. The highest BCUT2D eigenvalue weighted by Crippen LogP contribution is 2.43. The van der Waals surface area contributed by atoms with E-state index < -0.39 is 0 Å². The first-order chi connectivity index (χ1) is 13.0. The first-order valence-electron chi connectivity index (χ1n) is 7.77. The van der Waals surface area contributed by atoms with Gasteiger partial charge < -0.3 is 15.9 Å². The monoisotopic (exact) mass is 394 g/mol. The van der Waals surface area contributed by atoms with Gasteiger partial charge in [0.2, 0.25) is 5.78 Å². The first-order valence-corrected chi connectivity index (χ1v) is 8.96. The molecule has 0 aliphatic heterocycles. The van der Waals surface area contributed by atoms with Crippen molar-refractivity contribution in [1.82, 2.24) is 4.98 Å². The number of nitrogens with two attached hydrogens (primary N) is 2. The number of ketones is 1. The molecule has 3 aromatic heterocycles. The molecule has 0 amide bonds. The van der Waals surface area contributed by atoms with Gasteiger partial charge in [-0.1, -0.05) is 11.6 Å². The van der Waals surface area contributed by atoms with Crippen LogP contribution in [0.3, 0.4) is 0 Å². The second-order valence-electron chi connectivity index (χ2n) is 5.70. The fourth-order valence-corrected chi connectivity index (χ4v) is 4.05. The Morgan fingerprint density at radius 3 is 2.59 bits per heavy atom. The summed E-state index contributed by atoms with van der Waals surface area (Å²) in [5, 5.41) is 10.6. The van der Waals surface area contributed by atoms with Gasteiger partial charge in [0.1, 0.15) is 32.9 Å². The quantitative estimate of drug-likeness (QED) is 0.494. The van der Waals surface area contributed by atoms with Crippen molar-refractivity contribution in [2.75, 3.05) is 11.5 Å². The molecule has 1 aromatic carbocycles. The molecule has 0 unspecified atom stereocenters. The summed E-state index contributed by atoms with van der Waals surface area (Å²) in [5.41, 5.74) is 13.6. The average Bonchev–Trinajstić information content (AvgIpc) is 3.29. The van der Waals surface area contributed by atoms with Crippen LogP contribution in [-0.4, -0.2) is 10.8 Å². The Labute approximate surface area is 162 Å². The summed E-state index contributed by atoms with van der Waals surface area (Å²) in [7, 11) is 0. The molecule has 8 heteroatoms. The summed E-state index contributed by atoms with van der Waals surface area (Å²) in [6.07, 6.45) is 1.49. The van der Waals surface area contributed by atoms with Crippen molar-refractivity contribution in [1.29, 1.82) is 5.26 Å². The van der Waals surface area contributed by atoms with Gasteiger partial charge in [0, 0.05) is 16.0 Å². The van der Waals surface area contributed by atoms with Crippen molar-refractivity contribution in [2.24, 2.45) is 0 Å². The van der Waals surface area contributed by atoms with Crippen molar-refractivity contribution in [3.05, 3.63) is 63.7 Å². The number of aromatic nitrogens is 1. The Hall–Kier alpha value is -3.34. The fraction of sp³-hybridized carbons (Fsp3) is 0. The molecule has 6 nitrogen and oxygen atoms in total. The number of halogens is 1. The highest BCUT2D eigenvalue weighted by molar-refractivity contribution is 7.21. The number of carbonyl (C=O) groups excluding carboxylic acids is 1. The number of carbonyl (C=O) groups is 1. The lowest BCUT2D eigenvalue weighted by atomic mass is 10.0. The smallest absolute Gasteiger partial charge is 0.205 e. The zero-order chi connectivity index (χ0) is 19.1. The average molecular weight is 395 g/mol. The SMILES string of the molecule is N#Cc1c(N)nc2sc(C(=O)c3ccc(Cl)cc3)c(N)c2c1-c1ccco1. The zero-order valence-electron chi connectivity index (χ0n) is 13.7. The van der Waals surface area contributed by atoms with Gasteiger partial charge in [0.15, 0.2) is 0 Å². The van der Waals surface area contributed by atoms with Crippen LogP contribution >= 0.6 is 22.9 Å². The summed E-state index contributed by atoms with van der Waals surface area (Å²) in [5.74, 6) is 0.235. The minimum Gasteiger partial charge on any atom is -0.464 e. The third kappa shape index (κ3) is 2.72. The Morgan fingerprint density at radius 1 is 1.22 bits per heavy atom. The van der Waals surface area contributed by atoms with Gasteiger partial charge >= 0.3 is 0 Å². The summed E-state index contributed by atoms with van der Waals surface area (Å²) in [4.78, 5) is 18.0. The van der Waals surface area contributed by atoms with Crippen LogP contribution in [-0.2, 0) is 0 Å². The van der Waals surface area contributed by atoms with Gasteiger partial charge in [-0.05, 0) is 36.4 Å². The summed E-state index contributed by atoms with van der Waals surface area (Å²) >= 11 is 7.01. The number of hydrogen-bond donors (Lipinski definition) is 2. The van der Waals surface area contributed by atoms with Crippen LogP contribution in [0, 0.1) is 11.3 Å². The van der Waals surface area contributed by atoms with E-state index in [1.807, 2.05) is 6.07 Å². The predicted molar refractivity (Wildman–Crippen MR) is 106 cm³/mol. The third-order valence-corrected chi connectivity index (χ3v) is 5.45. The highest BCUT2D eigenvalue weighted by atomic mass is 35.5. The number of nitriles is 1. The van der Waals surface area contributed by atoms with Crippen molar-refractivity contribution in [3.63, 3.8) is 0 Å². The normalized spacial score (nSPS) is 10.8. The maximum absolute atomic E-state index is 12.9. The van der Waals surface area contributed by atoms with E-state index in [0.29, 0.717) is 37.0 Å². The Morgan fingerprint density at radius 2 is 1.96 bits per heavy atom. The van der Waals surface area contributed by atoms with E-state index in [1.54, 1.807) is 36.4 Å². The molecule has 0 aliphatic carbocycles. The highest BCUT2D eigenvalue weighted by Gasteiger charge is 2.25. The molecule has 4 N–H and O–H groups in total. The Bertz CT molecular complexity index is 1220. The van der Waals surface area contributed by atoms with Crippen LogP contribution in [0.15, 0.2) is 47.1 Å². The van der Waals surface area contributed by atoms with Crippen LogP contribution in [0.25, 0.3) is 21.5 Å². The summed E-state index contributed by atoms with van der Waals surface area (Å²) < 4.78 is 5.46. The molecule has 0 saturated carbocycles. The van der Waals surface area contributed by atoms with Gasteiger partial charge in [-0.25, -0.2) is 4.98 Å². The molecule has 0 bridgehead atoms. The minimum absolute atomic E-state index is 0.0585. The van der Waals surface area contributed by atoms with Crippen LogP contribution in [0.1, 0.15) is 20.8 Å². The molecule has 0 fully saturated rings. The maximum atomic E-state index is 12.9. The number of thiophene rings is 1. The number of anilines is 2. The number of fused-ring (bicyclic) bond motifs is 1. The molecular formula is C19H11ClN4O2S. The molecule has 0 atom stereocenters. The fourth-order valence-electron chi connectivity index (χ4n) is 2.85. The van der Waals surface area contributed by atoms with E-state index in [-0.39, 0.29) is 22.9 Å². The summed E-state index contributed by atoms with van der Waals surface area (Å²) in [6, 6.07) is 12.0. The molecule has 0 spiro atoms. The number of pyridine rings is 1. The zero-order valence-corrected chi connectivity index (χ0v) is 15.3. The minimum atomic E-state index is -0.255. The van der Waals surface area contributed by atoms with E-state index in [2.05, 4.69) is 4.98 Å². The van der Waals surface area contributed by atoms with Crippen LogP contribution in [0.2, 0.25) is 5.02 Å². The van der Waals surface area contributed by atoms with Gasteiger partial charge in [0.05, 0.1) is 17.5 Å². The lowest BCUT2D eigenvalue weighted by Gasteiger charge is -2.06. The van der Waals surface area contributed by atoms with E-state index in [1.165, 1.54) is 6.26 Å². The number of nitrogens with zero attached hydrogens (tertiary/aromatic N) is 2. The van der Waals surface area contributed by atoms with Crippen molar-refractivity contribution >= 4 is 50.4 Å². The van der Waals surface area contributed by atoms with Gasteiger partial charge in [-0.2, -0.15) is 5.26 Å². The van der Waals surface area contributed by atoms with Crippen molar-refractivity contribution in [2.45, 2.75) is 0 Å². The predicted octanol–water partition coefficient (Wildman–Crippen LogP) is 4.48. The van der Waals surface area contributed by atoms with E-state index >= 15 is 0 Å². The van der Waals surface area contributed by atoms with Crippen LogP contribution in [0.4, 0.5) is 11.5 Å². The molecule has 4 aromatic rings. The third-order valence-electron chi connectivity index (χ3n) is 4.10. The molecule has 3 heterocycles. The summed E-state index contributed by atoms with van der Waals surface area (Å²) in [6.45, 7) is 0. The number of furan rings is 1. The molecule has 4 rings (SSSR count). The van der Waals surface area contributed by atoms with E-state index in [9.17, 15) is 10.1 Å². The van der Waals surface area contributed by atoms with Gasteiger partial charge in [-0.3, -0.25) is 4.79 Å². The lowest BCUT2D eigenvalue weighted by Crippen LogP contribution is -2.02. The maximum Gasteiger partial charge on any atom is 0.205 e. The second kappa shape index (κ2) is 6.43. The lowest BCUT2D eigenvalue weighted by molar-refractivity contribution is 0.104.